The summed E-state index contributed by atoms with van der Waals surface area (Å²) in [7, 11) is 2.11. The molecule has 3 heterocycles. The predicted octanol–water partition coefficient (Wildman–Crippen LogP) is 1.12. The smallest absolute Gasteiger partial charge is 0.325 e. The van der Waals surface area contributed by atoms with Gasteiger partial charge < -0.3 is 15.0 Å². The van der Waals surface area contributed by atoms with Crippen LogP contribution >= 0.6 is 0 Å². The zero-order valence-electron chi connectivity index (χ0n) is 17.9. The van der Waals surface area contributed by atoms with Gasteiger partial charge in [0.1, 0.15) is 11.5 Å². The molecule has 2 aliphatic heterocycles. The molecule has 1 fully saturated rings. The summed E-state index contributed by atoms with van der Waals surface area (Å²) in [6.45, 7) is 5.73. The second-order valence-electron chi connectivity index (χ2n) is 7.61. The molecule has 10 heteroatoms. The number of nitrogens with zero attached hydrogens (tertiary/aromatic N) is 6. The molecule has 0 aromatic carbocycles. The van der Waals surface area contributed by atoms with Gasteiger partial charge in [0.05, 0.1) is 0 Å². The number of hydrogen-bond acceptors (Lipinski definition) is 9. The summed E-state index contributed by atoms with van der Waals surface area (Å²) in [6.07, 6.45) is 9.48. The van der Waals surface area contributed by atoms with Gasteiger partial charge in [0, 0.05) is 44.5 Å². The van der Waals surface area contributed by atoms with Crippen molar-refractivity contribution in [2.24, 2.45) is 9.98 Å². The van der Waals surface area contributed by atoms with E-state index in [1.54, 1.807) is 6.07 Å². The van der Waals surface area contributed by atoms with E-state index >= 15 is 0 Å². The maximum atomic E-state index is 12.5. The molecule has 3 aliphatic rings. The van der Waals surface area contributed by atoms with Gasteiger partial charge in [-0.25, -0.2) is 9.98 Å². The van der Waals surface area contributed by atoms with Crippen molar-refractivity contribution in [2.45, 2.75) is 32.5 Å². The lowest BCUT2D eigenvalue weighted by atomic mass is 10.1. The molecule has 164 valence electrons. The van der Waals surface area contributed by atoms with Gasteiger partial charge in [-0.1, -0.05) is 19.1 Å². The Balaban J connectivity index is 1.45. The summed E-state index contributed by atoms with van der Waals surface area (Å²) in [4.78, 5) is 34.7. The van der Waals surface area contributed by atoms with Crippen LogP contribution in [-0.4, -0.2) is 77.0 Å². The van der Waals surface area contributed by atoms with E-state index in [-0.39, 0.29) is 29.9 Å². The molecule has 1 amide bonds. The SMILES string of the molecule is CCC1=NC(N2CCN(C)CC2)N=C(Oc2nccc(C(=O)NC3=CC=CCC3)n2)N1. The Hall–Kier alpha value is -3.11. The van der Waals surface area contributed by atoms with Gasteiger partial charge in [-0.15, -0.1) is 0 Å². The van der Waals surface area contributed by atoms with Crippen LogP contribution in [0.1, 0.15) is 36.7 Å². The molecule has 0 radical (unpaired) electrons. The molecule has 1 atom stereocenters. The highest BCUT2D eigenvalue weighted by molar-refractivity contribution is 5.99. The van der Waals surface area contributed by atoms with Crippen LogP contribution in [-0.2, 0) is 0 Å². The van der Waals surface area contributed by atoms with Gasteiger partial charge in [0.2, 0.25) is 6.29 Å². The Bertz CT molecular complexity index is 931. The minimum atomic E-state index is -0.335. The number of piperazine rings is 1. The van der Waals surface area contributed by atoms with Crippen LogP contribution in [0.2, 0.25) is 0 Å². The van der Waals surface area contributed by atoms with Crippen LogP contribution in [0.5, 0.6) is 6.01 Å². The minimum absolute atomic E-state index is 0.0610. The summed E-state index contributed by atoms with van der Waals surface area (Å²) in [5.74, 6) is 0.499. The van der Waals surface area contributed by atoms with Crippen LogP contribution in [0.3, 0.4) is 0 Å². The number of amides is 1. The first-order valence-corrected chi connectivity index (χ1v) is 10.6. The predicted molar refractivity (Wildman–Crippen MR) is 118 cm³/mol. The van der Waals surface area contributed by atoms with Crippen LogP contribution in [0.15, 0.2) is 46.2 Å². The average molecular weight is 425 g/mol. The van der Waals surface area contributed by atoms with Gasteiger partial charge in [-0.05, 0) is 32.0 Å². The molecule has 10 nitrogen and oxygen atoms in total. The fourth-order valence-corrected chi connectivity index (χ4v) is 3.43. The van der Waals surface area contributed by atoms with Crippen LogP contribution < -0.4 is 15.4 Å². The largest absolute Gasteiger partial charge is 0.390 e. The summed E-state index contributed by atoms with van der Waals surface area (Å²) >= 11 is 0. The normalized spacial score (nSPS) is 22.1. The third kappa shape index (κ3) is 5.53. The second-order valence-corrected chi connectivity index (χ2v) is 7.61. The lowest BCUT2D eigenvalue weighted by molar-refractivity contribution is 0.0958. The molecule has 0 saturated carbocycles. The number of aromatic nitrogens is 2. The van der Waals surface area contributed by atoms with Crippen molar-refractivity contribution in [2.75, 3.05) is 33.2 Å². The van der Waals surface area contributed by atoms with Gasteiger partial charge in [-0.3, -0.25) is 15.0 Å². The Morgan fingerprint density at radius 2 is 2.13 bits per heavy atom. The topological polar surface area (TPSA) is 107 Å². The third-order valence-corrected chi connectivity index (χ3v) is 5.30. The fraction of sp³-hybridized carbons (Fsp3) is 0.476. The number of amidine groups is 2. The van der Waals surface area contributed by atoms with Gasteiger partial charge in [0.15, 0.2) is 0 Å². The van der Waals surface area contributed by atoms with E-state index in [9.17, 15) is 4.79 Å². The van der Waals surface area contributed by atoms with Crippen molar-refractivity contribution in [1.82, 2.24) is 30.4 Å². The zero-order valence-corrected chi connectivity index (χ0v) is 17.9. The van der Waals surface area contributed by atoms with Crippen molar-refractivity contribution >= 4 is 17.8 Å². The lowest BCUT2D eigenvalue weighted by Crippen LogP contribution is -2.51. The van der Waals surface area contributed by atoms with Gasteiger partial charge in [-0.2, -0.15) is 9.98 Å². The number of aliphatic imine (C=N–C) groups is 2. The van der Waals surface area contributed by atoms with E-state index in [0.29, 0.717) is 0 Å². The summed E-state index contributed by atoms with van der Waals surface area (Å²) < 4.78 is 5.80. The molecule has 1 saturated heterocycles. The molecule has 1 aromatic rings. The van der Waals surface area contributed by atoms with Gasteiger partial charge >= 0.3 is 12.0 Å². The highest BCUT2D eigenvalue weighted by Gasteiger charge is 2.26. The first-order valence-electron chi connectivity index (χ1n) is 10.6. The number of ether oxygens (including phenoxy) is 1. The van der Waals surface area contributed by atoms with Crippen molar-refractivity contribution in [3.63, 3.8) is 0 Å². The molecular formula is C21H28N8O2. The molecule has 1 aromatic heterocycles. The van der Waals surface area contributed by atoms with E-state index in [2.05, 4.69) is 53.5 Å². The quantitative estimate of drug-likeness (QED) is 0.729. The maximum Gasteiger partial charge on any atom is 0.325 e. The highest BCUT2D eigenvalue weighted by Crippen LogP contribution is 2.14. The first kappa shape index (κ1) is 21.1. The minimum Gasteiger partial charge on any atom is -0.390 e. The van der Waals surface area contributed by atoms with Crippen molar-refractivity contribution < 1.29 is 9.53 Å². The van der Waals surface area contributed by atoms with Crippen molar-refractivity contribution in [3.05, 3.63) is 41.9 Å². The number of carbonyl (C=O) groups is 1. The Morgan fingerprint density at radius 3 is 2.87 bits per heavy atom. The molecule has 4 rings (SSSR count). The molecule has 2 N–H and O–H groups in total. The van der Waals surface area contributed by atoms with Crippen LogP contribution in [0.25, 0.3) is 0 Å². The van der Waals surface area contributed by atoms with E-state index < -0.39 is 0 Å². The lowest BCUT2D eigenvalue weighted by Gasteiger charge is -2.35. The summed E-state index contributed by atoms with van der Waals surface area (Å²) in [6, 6.07) is 1.91. The summed E-state index contributed by atoms with van der Waals surface area (Å²) in [5.41, 5.74) is 1.10. The summed E-state index contributed by atoms with van der Waals surface area (Å²) in [5, 5.41) is 5.97. The van der Waals surface area contributed by atoms with E-state index in [1.807, 2.05) is 19.1 Å². The Labute approximate surface area is 181 Å². The molecule has 1 unspecified atom stereocenters. The molecular weight excluding hydrogens is 396 g/mol. The molecule has 0 bridgehead atoms. The number of hydrogen-bond donors (Lipinski definition) is 2. The van der Waals surface area contributed by atoms with E-state index in [0.717, 1.165) is 57.0 Å². The molecule has 0 spiro atoms. The van der Waals surface area contributed by atoms with Gasteiger partial charge in [0.25, 0.3) is 5.91 Å². The monoisotopic (exact) mass is 424 g/mol. The average Bonchev–Trinajstić information content (AvgIpc) is 2.80. The standard InChI is InChI=1S/C21H28N8O2/c1-3-17-25-19(29-13-11-28(2)12-14-29)27-21(26-17)31-20-22-10-9-16(24-20)18(30)23-15-7-5-4-6-8-15/h4-5,7,9-10,19H,3,6,8,11-14H2,1-2H3,(H,23,30)(H,25,26,27). The Kier molecular flexibility index (Phi) is 6.68. The fourth-order valence-electron chi connectivity index (χ4n) is 3.43. The molecule has 1 aliphatic carbocycles. The number of likely N-dealkylation sites (N-methyl/N-ethyl adjacent to an activating group) is 1. The van der Waals surface area contributed by atoms with E-state index in [1.165, 1.54) is 6.20 Å². The van der Waals surface area contributed by atoms with Crippen LogP contribution in [0.4, 0.5) is 0 Å². The number of carbonyl (C=O) groups excluding carboxylic acids is 1. The van der Waals surface area contributed by atoms with E-state index in [4.69, 9.17) is 4.74 Å². The maximum absolute atomic E-state index is 12.5. The number of allylic oxidation sites excluding steroid dienone is 4. The molecule has 31 heavy (non-hydrogen) atoms. The first-order chi connectivity index (χ1) is 15.1. The Morgan fingerprint density at radius 1 is 1.29 bits per heavy atom. The zero-order chi connectivity index (χ0) is 21.6. The van der Waals surface area contributed by atoms with Crippen molar-refractivity contribution in [3.8, 4) is 6.01 Å². The number of nitrogens with one attached hydrogen (secondary N) is 2. The number of rotatable bonds is 5. The van der Waals surface area contributed by atoms with Crippen molar-refractivity contribution in [1.29, 1.82) is 0 Å². The third-order valence-electron chi connectivity index (χ3n) is 5.30. The second kappa shape index (κ2) is 9.80. The highest BCUT2D eigenvalue weighted by atomic mass is 16.5. The van der Waals surface area contributed by atoms with Crippen LogP contribution in [0, 0.1) is 0 Å².